The van der Waals surface area contributed by atoms with Gasteiger partial charge in [0, 0.05) is 11.7 Å². The lowest BCUT2D eigenvalue weighted by Gasteiger charge is -2.10. The number of hydrogen-bond donors (Lipinski definition) is 2. The van der Waals surface area contributed by atoms with Gasteiger partial charge >= 0.3 is 0 Å². The standard InChI is InChI=1S/C8H13N3O2S/c1-2-6(5-7(9)11-12)14-8-10-3-4-13-8/h3-4,6,12H,2,5H2,1H3,(H2,9,11). The van der Waals surface area contributed by atoms with Gasteiger partial charge in [-0.25, -0.2) is 4.98 Å². The Morgan fingerprint density at radius 3 is 3.14 bits per heavy atom. The summed E-state index contributed by atoms with van der Waals surface area (Å²) in [6, 6.07) is 0. The fraction of sp³-hybridized carbons (Fsp3) is 0.500. The number of hydrogen-bond acceptors (Lipinski definition) is 5. The minimum absolute atomic E-state index is 0.226. The molecule has 78 valence electrons. The molecule has 0 aromatic carbocycles. The summed E-state index contributed by atoms with van der Waals surface area (Å²) in [7, 11) is 0. The van der Waals surface area contributed by atoms with Crippen LogP contribution in [-0.4, -0.2) is 21.3 Å². The van der Waals surface area contributed by atoms with Gasteiger partial charge in [-0.15, -0.1) is 0 Å². The Morgan fingerprint density at radius 1 is 1.86 bits per heavy atom. The van der Waals surface area contributed by atoms with Crippen molar-refractivity contribution in [1.29, 1.82) is 0 Å². The molecule has 3 N–H and O–H groups in total. The largest absolute Gasteiger partial charge is 0.440 e. The Labute approximate surface area is 86.4 Å². The maximum atomic E-state index is 8.42. The molecule has 14 heavy (non-hydrogen) atoms. The lowest BCUT2D eigenvalue weighted by Crippen LogP contribution is -2.18. The van der Waals surface area contributed by atoms with Crippen LogP contribution in [0.4, 0.5) is 0 Å². The van der Waals surface area contributed by atoms with Crippen LogP contribution in [0.1, 0.15) is 19.8 Å². The van der Waals surface area contributed by atoms with Crippen LogP contribution in [0, 0.1) is 0 Å². The number of thioether (sulfide) groups is 1. The first-order valence-corrected chi connectivity index (χ1v) is 5.16. The molecule has 0 aliphatic rings. The third-order valence-electron chi connectivity index (χ3n) is 1.70. The summed E-state index contributed by atoms with van der Waals surface area (Å²) in [5, 5.41) is 12.2. The first-order chi connectivity index (χ1) is 6.76. The molecule has 0 fully saturated rings. The zero-order chi connectivity index (χ0) is 10.4. The van der Waals surface area contributed by atoms with Crippen LogP contribution < -0.4 is 5.73 Å². The van der Waals surface area contributed by atoms with Gasteiger partial charge in [-0.05, 0) is 6.42 Å². The van der Waals surface area contributed by atoms with E-state index in [0.717, 1.165) is 6.42 Å². The van der Waals surface area contributed by atoms with Crippen molar-refractivity contribution >= 4 is 17.6 Å². The van der Waals surface area contributed by atoms with Crippen LogP contribution in [-0.2, 0) is 0 Å². The van der Waals surface area contributed by atoms with Gasteiger partial charge in [0.15, 0.2) is 0 Å². The predicted molar refractivity (Wildman–Crippen MR) is 54.5 cm³/mol. The maximum absolute atomic E-state index is 8.42. The lowest BCUT2D eigenvalue weighted by atomic mass is 10.2. The number of oxazole rings is 1. The van der Waals surface area contributed by atoms with Crippen LogP contribution >= 0.6 is 11.8 Å². The van der Waals surface area contributed by atoms with Crippen molar-refractivity contribution in [2.75, 3.05) is 0 Å². The summed E-state index contributed by atoms with van der Waals surface area (Å²) in [6.07, 6.45) is 4.56. The van der Waals surface area contributed by atoms with Crippen molar-refractivity contribution in [3.05, 3.63) is 12.5 Å². The van der Waals surface area contributed by atoms with Gasteiger partial charge in [-0.3, -0.25) is 0 Å². The second-order valence-electron chi connectivity index (χ2n) is 2.74. The van der Waals surface area contributed by atoms with Gasteiger partial charge in [-0.1, -0.05) is 23.8 Å². The molecule has 1 heterocycles. The predicted octanol–water partition coefficient (Wildman–Crippen LogP) is 1.68. The Balaban J connectivity index is 2.47. The second-order valence-corrected chi connectivity index (χ2v) is 3.99. The summed E-state index contributed by atoms with van der Waals surface area (Å²) < 4.78 is 5.09. The molecule has 0 amide bonds. The van der Waals surface area contributed by atoms with E-state index < -0.39 is 0 Å². The fourth-order valence-electron chi connectivity index (χ4n) is 0.955. The van der Waals surface area contributed by atoms with Crippen LogP contribution in [0.5, 0.6) is 0 Å². The van der Waals surface area contributed by atoms with Crippen LogP contribution in [0.2, 0.25) is 0 Å². The van der Waals surface area contributed by atoms with Gasteiger partial charge in [0.1, 0.15) is 12.1 Å². The molecule has 1 aromatic heterocycles. The highest BCUT2D eigenvalue weighted by atomic mass is 32.2. The molecule has 0 spiro atoms. The smallest absolute Gasteiger partial charge is 0.255 e. The van der Waals surface area contributed by atoms with Crippen molar-refractivity contribution in [2.45, 2.75) is 30.2 Å². The number of oxime groups is 1. The molecule has 0 saturated heterocycles. The third kappa shape index (κ3) is 3.29. The third-order valence-corrected chi connectivity index (χ3v) is 2.93. The Bertz CT molecular complexity index is 287. The van der Waals surface area contributed by atoms with Crippen molar-refractivity contribution in [3.63, 3.8) is 0 Å². The van der Waals surface area contributed by atoms with Gasteiger partial charge in [0.25, 0.3) is 5.22 Å². The van der Waals surface area contributed by atoms with Gasteiger partial charge in [-0.2, -0.15) is 0 Å². The fourth-order valence-corrected chi connectivity index (χ4v) is 1.89. The highest BCUT2D eigenvalue weighted by Crippen LogP contribution is 2.25. The number of amidine groups is 1. The Kier molecular flexibility index (Phi) is 4.31. The quantitative estimate of drug-likeness (QED) is 0.256. The summed E-state index contributed by atoms with van der Waals surface area (Å²) in [4.78, 5) is 3.99. The summed E-state index contributed by atoms with van der Waals surface area (Å²) in [5.74, 6) is 0.232. The van der Waals surface area contributed by atoms with E-state index in [1.54, 1.807) is 6.20 Å². The summed E-state index contributed by atoms with van der Waals surface area (Å²) >= 11 is 1.49. The molecule has 0 radical (unpaired) electrons. The number of nitrogens with zero attached hydrogens (tertiary/aromatic N) is 2. The van der Waals surface area contributed by atoms with Gasteiger partial charge in [0.05, 0.1) is 6.20 Å². The lowest BCUT2D eigenvalue weighted by molar-refractivity contribution is 0.316. The number of nitrogens with two attached hydrogens (primary N) is 1. The van der Waals surface area contributed by atoms with E-state index in [-0.39, 0.29) is 11.1 Å². The van der Waals surface area contributed by atoms with Crippen molar-refractivity contribution < 1.29 is 9.62 Å². The highest BCUT2D eigenvalue weighted by molar-refractivity contribution is 7.99. The normalized spacial score (nSPS) is 14.2. The maximum Gasteiger partial charge on any atom is 0.255 e. The van der Waals surface area contributed by atoms with E-state index in [9.17, 15) is 0 Å². The molecule has 1 rings (SSSR count). The molecular formula is C8H13N3O2S. The second kappa shape index (κ2) is 5.54. The average molecular weight is 215 g/mol. The number of aromatic nitrogens is 1. The summed E-state index contributed by atoms with van der Waals surface area (Å²) in [5.41, 5.74) is 5.41. The molecule has 5 nitrogen and oxygen atoms in total. The Hall–Kier alpha value is -1.17. The van der Waals surface area contributed by atoms with Crippen molar-refractivity contribution in [1.82, 2.24) is 4.98 Å². The molecule has 0 saturated carbocycles. The molecular weight excluding hydrogens is 202 g/mol. The molecule has 1 unspecified atom stereocenters. The van der Waals surface area contributed by atoms with E-state index in [0.29, 0.717) is 11.6 Å². The van der Waals surface area contributed by atoms with E-state index in [4.69, 9.17) is 15.4 Å². The minimum atomic E-state index is 0.226. The molecule has 0 aliphatic carbocycles. The number of rotatable bonds is 5. The molecule has 1 aromatic rings. The average Bonchev–Trinajstić information content (AvgIpc) is 2.69. The van der Waals surface area contributed by atoms with E-state index in [2.05, 4.69) is 10.1 Å². The van der Waals surface area contributed by atoms with Gasteiger partial charge < -0.3 is 15.4 Å². The first-order valence-electron chi connectivity index (χ1n) is 4.28. The summed E-state index contributed by atoms with van der Waals surface area (Å²) in [6.45, 7) is 2.03. The van der Waals surface area contributed by atoms with Crippen molar-refractivity contribution in [2.24, 2.45) is 10.9 Å². The van der Waals surface area contributed by atoms with E-state index in [1.165, 1.54) is 18.0 Å². The SMILES string of the molecule is CCC(C/C(N)=N/O)Sc1ncco1. The highest BCUT2D eigenvalue weighted by Gasteiger charge is 2.13. The zero-order valence-corrected chi connectivity index (χ0v) is 8.70. The van der Waals surface area contributed by atoms with Crippen LogP contribution in [0.25, 0.3) is 0 Å². The Morgan fingerprint density at radius 2 is 2.64 bits per heavy atom. The van der Waals surface area contributed by atoms with E-state index in [1.807, 2.05) is 6.92 Å². The van der Waals surface area contributed by atoms with Crippen LogP contribution in [0.3, 0.4) is 0 Å². The topological polar surface area (TPSA) is 84.6 Å². The zero-order valence-electron chi connectivity index (χ0n) is 7.88. The minimum Gasteiger partial charge on any atom is -0.440 e. The molecule has 1 atom stereocenters. The molecule has 0 aliphatic heterocycles. The molecule has 0 bridgehead atoms. The molecule has 6 heteroatoms. The van der Waals surface area contributed by atoms with E-state index >= 15 is 0 Å². The van der Waals surface area contributed by atoms with Crippen molar-refractivity contribution in [3.8, 4) is 0 Å². The first kappa shape index (κ1) is 10.9. The van der Waals surface area contributed by atoms with Crippen LogP contribution in [0.15, 0.2) is 27.3 Å². The van der Waals surface area contributed by atoms with Gasteiger partial charge in [0.2, 0.25) is 0 Å². The monoisotopic (exact) mass is 215 g/mol.